The molecule has 1 N–H and O–H groups in total. The minimum atomic E-state index is -3.91. The van der Waals surface area contributed by atoms with E-state index in [1.807, 2.05) is 42.5 Å². The van der Waals surface area contributed by atoms with Gasteiger partial charge in [-0.2, -0.15) is 4.72 Å². The van der Waals surface area contributed by atoms with Crippen LogP contribution >= 0.6 is 15.9 Å². The third kappa shape index (κ3) is 6.88. The van der Waals surface area contributed by atoms with Gasteiger partial charge in [-0.1, -0.05) is 107 Å². The van der Waals surface area contributed by atoms with E-state index in [0.717, 1.165) is 10.0 Å². The molecule has 5 rings (SSSR count). The standard InChI is InChI=1S/C32H32BrN3O3S/c33-28-16-18-29(19-17-28)40(38,39)34-30(24-25-10-4-1-5-11-25)32(37)36-22-20-35(21-23-36)31(26-12-6-2-7-13-26)27-14-8-3-9-15-27/h1-19,30-31,34H,20-24H2/t30-/m0/s1. The zero-order valence-corrected chi connectivity index (χ0v) is 24.5. The van der Waals surface area contributed by atoms with Gasteiger partial charge in [-0.25, -0.2) is 8.42 Å². The first kappa shape index (κ1) is 28.2. The van der Waals surface area contributed by atoms with Crippen LogP contribution in [0.5, 0.6) is 0 Å². The van der Waals surface area contributed by atoms with Crippen molar-refractivity contribution in [3.8, 4) is 0 Å². The van der Waals surface area contributed by atoms with E-state index in [0.29, 0.717) is 26.2 Å². The largest absolute Gasteiger partial charge is 0.339 e. The van der Waals surface area contributed by atoms with E-state index in [-0.39, 0.29) is 23.3 Å². The van der Waals surface area contributed by atoms with Crippen molar-refractivity contribution in [2.75, 3.05) is 26.2 Å². The van der Waals surface area contributed by atoms with Gasteiger partial charge in [0.25, 0.3) is 0 Å². The number of amides is 1. The van der Waals surface area contributed by atoms with E-state index in [1.54, 1.807) is 17.0 Å². The van der Waals surface area contributed by atoms with Gasteiger partial charge in [0.05, 0.1) is 10.9 Å². The van der Waals surface area contributed by atoms with Gasteiger partial charge in [-0.3, -0.25) is 9.69 Å². The Morgan fingerprint density at radius 1 is 0.725 bits per heavy atom. The molecule has 0 saturated carbocycles. The second kappa shape index (κ2) is 12.9. The Balaban J connectivity index is 1.34. The molecule has 4 aromatic carbocycles. The van der Waals surface area contributed by atoms with Crippen LogP contribution in [0.25, 0.3) is 0 Å². The molecule has 0 aliphatic carbocycles. The van der Waals surface area contributed by atoms with Crippen molar-refractivity contribution in [2.45, 2.75) is 23.4 Å². The first-order chi connectivity index (χ1) is 19.4. The normalized spacial score (nSPS) is 15.2. The summed E-state index contributed by atoms with van der Waals surface area (Å²) in [7, 11) is -3.91. The van der Waals surface area contributed by atoms with Crippen LogP contribution in [0.3, 0.4) is 0 Å². The van der Waals surface area contributed by atoms with Crippen LogP contribution < -0.4 is 4.72 Å². The van der Waals surface area contributed by atoms with Gasteiger partial charge < -0.3 is 4.90 Å². The Morgan fingerprint density at radius 3 is 1.75 bits per heavy atom. The number of carbonyl (C=O) groups excluding carboxylic acids is 1. The zero-order chi connectivity index (χ0) is 28.0. The molecule has 1 fully saturated rings. The van der Waals surface area contributed by atoms with Gasteiger partial charge in [0.2, 0.25) is 15.9 Å². The second-order valence-corrected chi connectivity index (χ2v) is 12.5. The average molecular weight is 619 g/mol. The Bertz CT molecular complexity index is 1450. The summed E-state index contributed by atoms with van der Waals surface area (Å²) in [6.45, 7) is 2.38. The van der Waals surface area contributed by atoms with E-state index in [9.17, 15) is 13.2 Å². The smallest absolute Gasteiger partial charge is 0.241 e. The predicted molar refractivity (Wildman–Crippen MR) is 161 cm³/mol. The molecular weight excluding hydrogens is 586 g/mol. The number of nitrogens with zero attached hydrogens (tertiary/aromatic N) is 2. The van der Waals surface area contributed by atoms with E-state index in [2.05, 4.69) is 74.1 Å². The lowest BCUT2D eigenvalue weighted by molar-refractivity contribution is -0.135. The van der Waals surface area contributed by atoms with Crippen molar-refractivity contribution >= 4 is 31.9 Å². The number of hydrogen-bond acceptors (Lipinski definition) is 4. The van der Waals surface area contributed by atoms with Crippen molar-refractivity contribution < 1.29 is 13.2 Å². The highest BCUT2D eigenvalue weighted by molar-refractivity contribution is 9.10. The highest BCUT2D eigenvalue weighted by atomic mass is 79.9. The maximum Gasteiger partial charge on any atom is 0.241 e. The topological polar surface area (TPSA) is 69.7 Å². The lowest BCUT2D eigenvalue weighted by atomic mass is 9.96. The van der Waals surface area contributed by atoms with Gasteiger partial charge >= 0.3 is 0 Å². The van der Waals surface area contributed by atoms with E-state index < -0.39 is 16.1 Å². The van der Waals surface area contributed by atoms with Gasteiger partial charge in [-0.15, -0.1) is 0 Å². The summed E-state index contributed by atoms with van der Waals surface area (Å²) in [5.74, 6) is -0.208. The number of sulfonamides is 1. The molecule has 40 heavy (non-hydrogen) atoms. The molecule has 1 heterocycles. The molecule has 1 aliphatic rings. The van der Waals surface area contributed by atoms with Crippen LogP contribution in [0.15, 0.2) is 125 Å². The Morgan fingerprint density at radius 2 is 1.23 bits per heavy atom. The molecule has 4 aromatic rings. The molecule has 1 atom stereocenters. The van der Waals surface area contributed by atoms with Crippen LogP contribution in [-0.4, -0.2) is 56.3 Å². The third-order valence-electron chi connectivity index (χ3n) is 7.22. The van der Waals surface area contributed by atoms with Crippen LogP contribution in [0.1, 0.15) is 22.7 Å². The van der Waals surface area contributed by atoms with Crippen molar-refractivity contribution in [3.05, 3.63) is 136 Å². The van der Waals surface area contributed by atoms with E-state index in [4.69, 9.17) is 0 Å². The van der Waals surface area contributed by atoms with Crippen molar-refractivity contribution in [1.82, 2.24) is 14.5 Å². The molecule has 0 radical (unpaired) electrons. The highest BCUT2D eigenvalue weighted by Crippen LogP contribution is 2.29. The number of hydrogen-bond donors (Lipinski definition) is 1. The molecule has 206 valence electrons. The molecule has 0 aromatic heterocycles. The fourth-order valence-electron chi connectivity index (χ4n) is 5.20. The van der Waals surface area contributed by atoms with E-state index in [1.165, 1.54) is 23.3 Å². The van der Waals surface area contributed by atoms with Crippen molar-refractivity contribution in [3.63, 3.8) is 0 Å². The third-order valence-corrected chi connectivity index (χ3v) is 9.24. The van der Waals surface area contributed by atoms with Gasteiger partial charge in [0.1, 0.15) is 6.04 Å². The Kier molecular flexibility index (Phi) is 9.11. The SMILES string of the molecule is O=C([C@H](Cc1ccccc1)NS(=O)(=O)c1ccc(Br)cc1)N1CCN(C(c2ccccc2)c2ccccc2)CC1. The van der Waals surface area contributed by atoms with Crippen LogP contribution in [0, 0.1) is 0 Å². The fraction of sp³-hybridized carbons (Fsp3) is 0.219. The van der Waals surface area contributed by atoms with Crippen molar-refractivity contribution in [1.29, 1.82) is 0 Å². The molecule has 6 nitrogen and oxygen atoms in total. The quantitative estimate of drug-likeness (QED) is 0.278. The summed E-state index contributed by atoms with van der Waals surface area (Å²) in [4.78, 5) is 18.2. The summed E-state index contributed by atoms with van der Waals surface area (Å²) < 4.78 is 30.1. The van der Waals surface area contributed by atoms with Gasteiger partial charge in [0.15, 0.2) is 0 Å². The summed E-state index contributed by atoms with van der Waals surface area (Å²) in [5.41, 5.74) is 3.31. The molecule has 0 spiro atoms. The van der Waals surface area contributed by atoms with Crippen LogP contribution in [-0.2, 0) is 21.2 Å². The van der Waals surface area contributed by atoms with E-state index >= 15 is 0 Å². The minimum absolute atomic E-state index is 0.0793. The highest BCUT2D eigenvalue weighted by Gasteiger charge is 2.33. The molecule has 8 heteroatoms. The van der Waals surface area contributed by atoms with Crippen LogP contribution in [0.2, 0.25) is 0 Å². The van der Waals surface area contributed by atoms with Crippen LogP contribution in [0.4, 0.5) is 0 Å². The number of carbonyl (C=O) groups is 1. The monoisotopic (exact) mass is 617 g/mol. The fourth-order valence-corrected chi connectivity index (χ4v) is 6.66. The first-order valence-corrected chi connectivity index (χ1v) is 15.6. The number of rotatable bonds is 9. The summed E-state index contributed by atoms with van der Waals surface area (Å²) in [5, 5.41) is 0. The summed E-state index contributed by atoms with van der Waals surface area (Å²) in [6, 6.07) is 35.9. The first-order valence-electron chi connectivity index (χ1n) is 13.4. The lowest BCUT2D eigenvalue weighted by Gasteiger charge is -2.40. The number of nitrogens with one attached hydrogen (secondary N) is 1. The van der Waals surface area contributed by atoms with Gasteiger partial charge in [-0.05, 0) is 47.4 Å². The molecule has 1 amide bonds. The molecule has 1 aliphatic heterocycles. The van der Waals surface area contributed by atoms with Crippen molar-refractivity contribution in [2.24, 2.45) is 0 Å². The number of benzene rings is 4. The lowest BCUT2D eigenvalue weighted by Crippen LogP contribution is -2.56. The maximum atomic E-state index is 13.9. The van der Waals surface area contributed by atoms with Gasteiger partial charge in [0, 0.05) is 30.7 Å². The zero-order valence-electron chi connectivity index (χ0n) is 22.1. The molecular formula is C32H32BrN3O3S. The Labute approximate surface area is 244 Å². The summed E-state index contributed by atoms with van der Waals surface area (Å²) in [6.07, 6.45) is 0.270. The predicted octanol–water partition coefficient (Wildman–Crippen LogP) is 5.27. The summed E-state index contributed by atoms with van der Waals surface area (Å²) >= 11 is 3.35. The molecule has 1 saturated heterocycles. The second-order valence-electron chi connectivity index (χ2n) is 9.90. The molecule has 0 unspecified atom stereocenters. The minimum Gasteiger partial charge on any atom is -0.339 e. The Hall–Kier alpha value is -3.30. The maximum absolute atomic E-state index is 13.9. The number of piperazine rings is 1. The number of halogens is 1. The molecule has 0 bridgehead atoms. The average Bonchev–Trinajstić information content (AvgIpc) is 2.99.